The topological polar surface area (TPSA) is 49.1 Å². The summed E-state index contributed by atoms with van der Waals surface area (Å²) in [5.41, 5.74) is 6.07. The van der Waals surface area contributed by atoms with E-state index in [0.717, 1.165) is 50.9 Å². The number of fused-ring (bicyclic) bond motifs is 1. The van der Waals surface area contributed by atoms with Gasteiger partial charge in [0.05, 0.1) is 11.8 Å². The monoisotopic (exact) mass is 360 g/mol. The molecule has 5 heteroatoms. The summed E-state index contributed by atoms with van der Waals surface area (Å²) in [5.74, 6) is 2.24. The predicted octanol–water partition coefficient (Wildman–Crippen LogP) is 4.49. The van der Waals surface area contributed by atoms with Gasteiger partial charge in [-0.2, -0.15) is 5.10 Å². The average Bonchev–Trinajstić information content (AvgIpc) is 2.66. The zero-order valence-electron chi connectivity index (χ0n) is 15.0. The number of amidine groups is 1. The van der Waals surface area contributed by atoms with E-state index < -0.39 is 0 Å². The molecular weight excluding hydrogens is 332 g/mol. The van der Waals surface area contributed by atoms with E-state index in [4.69, 9.17) is 21.7 Å². The van der Waals surface area contributed by atoms with Gasteiger partial charge in [-0.25, -0.2) is 0 Å². The molecule has 4 rings (SSSR count). The Bertz CT molecular complexity index is 599. The Balaban J connectivity index is 1.49. The van der Waals surface area contributed by atoms with Crippen molar-refractivity contribution in [3.05, 3.63) is 11.6 Å². The second kappa shape index (κ2) is 8.03. The lowest BCUT2D eigenvalue weighted by atomic mass is 9.79. The quantitative estimate of drug-likeness (QED) is 0.740. The van der Waals surface area contributed by atoms with Crippen LogP contribution in [0.5, 0.6) is 0 Å². The van der Waals surface area contributed by atoms with Gasteiger partial charge in [-0.15, -0.1) is 11.6 Å². The number of hydrogen-bond acceptors (Lipinski definition) is 3. The number of hydrogen-bond donors (Lipinski definition) is 1. The van der Waals surface area contributed by atoms with Crippen molar-refractivity contribution in [1.82, 2.24) is 5.43 Å². The highest BCUT2D eigenvalue weighted by Gasteiger charge is 2.32. The summed E-state index contributed by atoms with van der Waals surface area (Å²) in [7, 11) is 0. The number of halogens is 1. The first-order valence-electron chi connectivity index (χ1n) is 10.0. The summed E-state index contributed by atoms with van der Waals surface area (Å²) in [4.78, 5) is 9.43. The molecular formula is C20H29ClN4. The molecule has 136 valence electrons. The summed E-state index contributed by atoms with van der Waals surface area (Å²) in [6.45, 7) is 0.976. The molecule has 4 nitrogen and oxygen atoms in total. The van der Waals surface area contributed by atoms with Gasteiger partial charge in [0.2, 0.25) is 0 Å². The van der Waals surface area contributed by atoms with Crippen LogP contribution < -0.4 is 5.43 Å². The largest absolute Gasteiger partial charge is 0.298 e. The van der Waals surface area contributed by atoms with E-state index in [1.807, 2.05) is 0 Å². The highest BCUT2D eigenvalue weighted by molar-refractivity contribution is 6.20. The van der Waals surface area contributed by atoms with Crippen LogP contribution in [0.15, 0.2) is 26.7 Å². The number of nitrogens with one attached hydrogen (secondary N) is 1. The van der Waals surface area contributed by atoms with E-state index in [1.54, 1.807) is 0 Å². The van der Waals surface area contributed by atoms with Gasteiger partial charge in [-0.05, 0) is 81.9 Å². The van der Waals surface area contributed by atoms with E-state index in [2.05, 4.69) is 22.7 Å². The first-order valence-corrected chi connectivity index (χ1v) is 10.5. The Labute approximate surface area is 155 Å². The summed E-state index contributed by atoms with van der Waals surface area (Å²) >= 11 is 6.24. The molecule has 25 heavy (non-hydrogen) atoms. The minimum absolute atomic E-state index is 0.351. The Morgan fingerprint density at radius 2 is 2.04 bits per heavy atom. The van der Waals surface area contributed by atoms with Gasteiger partial charge in [-0.3, -0.25) is 15.4 Å². The first kappa shape index (κ1) is 17.3. The van der Waals surface area contributed by atoms with E-state index in [1.165, 1.54) is 37.0 Å². The van der Waals surface area contributed by atoms with Gasteiger partial charge in [0.25, 0.3) is 0 Å². The van der Waals surface area contributed by atoms with Gasteiger partial charge in [0.1, 0.15) is 5.84 Å². The molecule has 0 amide bonds. The molecule has 2 heterocycles. The molecule has 1 saturated carbocycles. The molecule has 0 radical (unpaired) electrons. The van der Waals surface area contributed by atoms with Crippen LogP contribution >= 0.6 is 11.6 Å². The standard InChI is InChI=1S/C20H29ClN4/c21-15-5-7-16(8-6-15)23-20-18-4-2-1-3-17(18)19(24-25-20)13-14-9-11-22-12-10-14/h3,11,14-16,18H,1-2,4-10,12-13H2,(H,23,25). The minimum Gasteiger partial charge on any atom is -0.298 e. The minimum atomic E-state index is 0.351. The van der Waals surface area contributed by atoms with Gasteiger partial charge < -0.3 is 0 Å². The molecule has 0 aromatic rings. The summed E-state index contributed by atoms with van der Waals surface area (Å²) in [5, 5.41) is 5.12. The van der Waals surface area contributed by atoms with Crippen LogP contribution in [0.4, 0.5) is 0 Å². The predicted molar refractivity (Wildman–Crippen MR) is 106 cm³/mol. The zero-order chi connectivity index (χ0) is 17.1. The van der Waals surface area contributed by atoms with Crippen LogP contribution in [-0.4, -0.2) is 35.7 Å². The highest BCUT2D eigenvalue weighted by Crippen LogP contribution is 2.33. The lowest BCUT2D eigenvalue weighted by Crippen LogP contribution is -2.40. The first-order chi connectivity index (χ1) is 12.3. The lowest BCUT2D eigenvalue weighted by molar-refractivity contribution is 0.444. The third-order valence-corrected chi connectivity index (χ3v) is 6.51. The number of nitrogens with zero attached hydrogens (tertiary/aromatic N) is 3. The fraction of sp³-hybridized carbons (Fsp3) is 0.750. The van der Waals surface area contributed by atoms with Gasteiger partial charge in [-0.1, -0.05) is 6.08 Å². The van der Waals surface area contributed by atoms with E-state index in [-0.39, 0.29) is 0 Å². The summed E-state index contributed by atoms with van der Waals surface area (Å²) in [6.07, 6.45) is 15.9. The molecule has 0 saturated heterocycles. The van der Waals surface area contributed by atoms with Crippen molar-refractivity contribution in [2.45, 2.75) is 75.6 Å². The molecule has 2 aliphatic carbocycles. The van der Waals surface area contributed by atoms with Crippen molar-refractivity contribution in [1.29, 1.82) is 0 Å². The van der Waals surface area contributed by atoms with Crippen molar-refractivity contribution < 1.29 is 0 Å². The van der Waals surface area contributed by atoms with Gasteiger partial charge >= 0.3 is 0 Å². The molecule has 0 aromatic carbocycles. The second-order valence-corrected chi connectivity index (χ2v) is 8.53. The lowest BCUT2D eigenvalue weighted by Gasteiger charge is -2.33. The number of aliphatic imine (C=N–C) groups is 2. The highest BCUT2D eigenvalue weighted by atomic mass is 35.5. The third kappa shape index (κ3) is 4.16. The number of allylic oxidation sites excluding steroid dienone is 1. The van der Waals surface area contributed by atoms with Crippen LogP contribution in [0.3, 0.4) is 0 Å². The molecule has 2 atom stereocenters. The normalized spacial score (nSPS) is 37.1. The fourth-order valence-electron chi connectivity index (χ4n) is 4.54. The third-order valence-electron chi connectivity index (χ3n) is 6.07. The second-order valence-electron chi connectivity index (χ2n) is 7.92. The van der Waals surface area contributed by atoms with Gasteiger partial charge in [0, 0.05) is 17.8 Å². The molecule has 1 fully saturated rings. The van der Waals surface area contributed by atoms with E-state index in [9.17, 15) is 0 Å². The van der Waals surface area contributed by atoms with Crippen molar-refractivity contribution >= 4 is 29.4 Å². The van der Waals surface area contributed by atoms with Crippen LogP contribution in [0.2, 0.25) is 0 Å². The van der Waals surface area contributed by atoms with Crippen LogP contribution in [0.25, 0.3) is 0 Å². The van der Waals surface area contributed by atoms with Crippen LogP contribution in [-0.2, 0) is 0 Å². The molecule has 0 spiro atoms. The SMILES string of the molecule is ClC1CCC(N=C2NN=C(CC3CC=NCC3)C3=CCCCC32)CC1. The van der Waals surface area contributed by atoms with E-state index >= 15 is 0 Å². The molecule has 2 aliphatic heterocycles. The Hall–Kier alpha value is -1.16. The smallest absolute Gasteiger partial charge is 0.125 e. The molecule has 2 unspecified atom stereocenters. The maximum atomic E-state index is 6.24. The zero-order valence-corrected chi connectivity index (χ0v) is 15.7. The number of alkyl halides is 1. The molecule has 4 aliphatic rings. The Kier molecular flexibility index (Phi) is 5.54. The van der Waals surface area contributed by atoms with Crippen molar-refractivity contribution in [3.63, 3.8) is 0 Å². The van der Waals surface area contributed by atoms with E-state index in [0.29, 0.717) is 23.3 Å². The van der Waals surface area contributed by atoms with Gasteiger partial charge in [0.15, 0.2) is 0 Å². The maximum absolute atomic E-state index is 6.24. The van der Waals surface area contributed by atoms with Crippen molar-refractivity contribution in [3.8, 4) is 0 Å². The Morgan fingerprint density at radius 3 is 2.84 bits per heavy atom. The molecule has 0 bridgehead atoms. The summed E-state index contributed by atoms with van der Waals surface area (Å²) < 4.78 is 0. The maximum Gasteiger partial charge on any atom is 0.125 e. The molecule has 1 N–H and O–H groups in total. The number of rotatable bonds is 3. The molecule has 0 aromatic heterocycles. The summed E-state index contributed by atoms with van der Waals surface area (Å²) in [6, 6.07) is 0.423. The fourth-order valence-corrected chi connectivity index (χ4v) is 4.79. The van der Waals surface area contributed by atoms with Crippen molar-refractivity contribution in [2.24, 2.45) is 26.9 Å². The Morgan fingerprint density at radius 1 is 1.16 bits per heavy atom. The average molecular weight is 361 g/mol. The van der Waals surface area contributed by atoms with Crippen LogP contribution in [0, 0.1) is 11.8 Å². The van der Waals surface area contributed by atoms with Crippen molar-refractivity contribution in [2.75, 3.05) is 6.54 Å². The van der Waals surface area contributed by atoms with Crippen LogP contribution in [0.1, 0.15) is 64.2 Å². The number of hydrazone groups is 1.